The summed E-state index contributed by atoms with van der Waals surface area (Å²) in [5.74, 6) is -0.196. The van der Waals surface area contributed by atoms with Gasteiger partial charge in [-0.2, -0.15) is 5.10 Å². The molecule has 0 aliphatic carbocycles. The molecule has 2 amide bonds. The molecule has 22 heavy (non-hydrogen) atoms. The van der Waals surface area contributed by atoms with Crippen LogP contribution in [0.1, 0.15) is 26.3 Å². The molecule has 0 aromatic heterocycles. The van der Waals surface area contributed by atoms with E-state index in [2.05, 4.69) is 15.8 Å². The van der Waals surface area contributed by atoms with Gasteiger partial charge in [-0.1, -0.05) is 0 Å². The van der Waals surface area contributed by atoms with Crippen LogP contribution in [-0.2, 0) is 9.59 Å². The standard InChI is InChI=1S/C15H21N3O4/c1-10(2)17-14(20)9-22-13-6-4-12(5-7-13)8-16-18-15(21)11(3)19/h4-8,10-11,19H,9H2,1-3H3,(H,17,20)(H,18,21)/b16-8-/t11-/m1/s1. The van der Waals surface area contributed by atoms with Crippen molar-refractivity contribution in [2.45, 2.75) is 32.9 Å². The molecule has 120 valence electrons. The monoisotopic (exact) mass is 307 g/mol. The molecule has 1 atom stereocenters. The fourth-order valence-electron chi connectivity index (χ4n) is 1.43. The van der Waals surface area contributed by atoms with E-state index < -0.39 is 12.0 Å². The lowest BCUT2D eigenvalue weighted by Crippen LogP contribution is -2.34. The molecule has 0 aliphatic rings. The minimum atomic E-state index is -1.11. The van der Waals surface area contributed by atoms with Crippen molar-refractivity contribution in [2.24, 2.45) is 5.10 Å². The van der Waals surface area contributed by atoms with Gasteiger partial charge < -0.3 is 15.2 Å². The number of aliphatic hydroxyl groups excluding tert-OH is 1. The number of amides is 2. The van der Waals surface area contributed by atoms with Crippen molar-refractivity contribution in [3.8, 4) is 5.75 Å². The normalized spacial score (nSPS) is 12.2. The molecule has 0 heterocycles. The van der Waals surface area contributed by atoms with Gasteiger partial charge in [0.1, 0.15) is 11.9 Å². The molecule has 0 fully saturated rings. The van der Waals surface area contributed by atoms with E-state index in [1.165, 1.54) is 13.1 Å². The van der Waals surface area contributed by atoms with E-state index in [9.17, 15) is 9.59 Å². The Morgan fingerprint density at radius 1 is 1.27 bits per heavy atom. The maximum absolute atomic E-state index is 11.4. The van der Waals surface area contributed by atoms with Gasteiger partial charge in [-0.05, 0) is 50.6 Å². The maximum atomic E-state index is 11.4. The predicted molar refractivity (Wildman–Crippen MR) is 82.6 cm³/mol. The highest BCUT2D eigenvalue weighted by molar-refractivity contribution is 5.84. The lowest BCUT2D eigenvalue weighted by molar-refractivity contribution is -0.128. The molecule has 3 N–H and O–H groups in total. The van der Waals surface area contributed by atoms with Gasteiger partial charge in [0.25, 0.3) is 11.8 Å². The lowest BCUT2D eigenvalue weighted by atomic mass is 10.2. The fraction of sp³-hybridized carbons (Fsp3) is 0.400. The largest absolute Gasteiger partial charge is 0.484 e. The second-order valence-electron chi connectivity index (χ2n) is 4.99. The minimum Gasteiger partial charge on any atom is -0.484 e. The smallest absolute Gasteiger partial charge is 0.268 e. The van der Waals surface area contributed by atoms with Gasteiger partial charge in [-0.25, -0.2) is 5.43 Å². The number of rotatable bonds is 7. The summed E-state index contributed by atoms with van der Waals surface area (Å²) in [5, 5.41) is 15.4. The fourth-order valence-corrected chi connectivity index (χ4v) is 1.43. The Hall–Kier alpha value is -2.41. The Bertz CT molecular complexity index is 524. The van der Waals surface area contributed by atoms with Crippen LogP contribution in [0.4, 0.5) is 0 Å². The van der Waals surface area contributed by atoms with Crippen molar-refractivity contribution in [2.75, 3.05) is 6.61 Å². The van der Waals surface area contributed by atoms with Crippen molar-refractivity contribution < 1.29 is 19.4 Å². The van der Waals surface area contributed by atoms with Crippen molar-refractivity contribution in [3.05, 3.63) is 29.8 Å². The van der Waals surface area contributed by atoms with Gasteiger partial charge in [0, 0.05) is 6.04 Å². The predicted octanol–water partition coefficient (Wildman–Crippen LogP) is 0.421. The van der Waals surface area contributed by atoms with Crippen LogP contribution in [0.3, 0.4) is 0 Å². The van der Waals surface area contributed by atoms with Gasteiger partial charge >= 0.3 is 0 Å². The third-order valence-electron chi connectivity index (χ3n) is 2.47. The first kappa shape index (κ1) is 17.6. The number of ether oxygens (including phenoxy) is 1. The third-order valence-corrected chi connectivity index (χ3v) is 2.47. The molecule has 0 bridgehead atoms. The summed E-state index contributed by atoms with van der Waals surface area (Å²) in [4.78, 5) is 22.5. The zero-order chi connectivity index (χ0) is 16.5. The molecule has 0 radical (unpaired) electrons. The van der Waals surface area contributed by atoms with Crippen LogP contribution in [0, 0.1) is 0 Å². The van der Waals surface area contributed by atoms with E-state index >= 15 is 0 Å². The summed E-state index contributed by atoms with van der Waals surface area (Å²) in [6.07, 6.45) is 0.333. The zero-order valence-electron chi connectivity index (χ0n) is 12.9. The zero-order valence-corrected chi connectivity index (χ0v) is 12.9. The SMILES string of the molecule is CC(C)NC(=O)COc1ccc(/C=N\NC(=O)[C@@H](C)O)cc1. The average Bonchev–Trinajstić information content (AvgIpc) is 2.45. The van der Waals surface area contributed by atoms with Crippen molar-refractivity contribution in [1.82, 2.24) is 10.7 Å². The number of nitrogens with zero attached hydrogens (tertiary/aromatic N) is 1. The number of hydrogen-bond donors (Lipinski definition) is 3. The highest BCUT2D eigenvalue weighted by Gasteiger charge is 2.06. The Morgan fingerprint density at radius 3 is 2.45 bits per heavy atom. The first-order chi connectivity index (χ1) is 10.4. The number of hydrogen-bond acceptors (Lipinski definition) is 5. The molecule has 1 aromatic carbocycles. The minimum absolute atomic E-state index is 0.0456. The average molecular weight is 307 g/mol. The quantitative estimate of drug-likeness (QED) is 0.502. The van der Waals surface area contributed by atoms with Crippen LogP contribution < -0.4 is 15.5 Å². The van der Waals surface area contributed by atoms with E-state index in [0.29, 0.717) is 5.75 Å². The molecule has 7 heteroatoms. The summed E-state index contributed by atoms with van der Waals surface area (Å²) < 4.78 is 5.34. The topological polar surface area (TPSA) is 100 Å². The number of nitrogens with one attached hydrogen (secondary N) is 2. The molecular weight excluding hydrogens is 286 g/mol. The number of carbonyl (C=O) groups is 2. The second-order valence-corrected chi connectivity index (χ2v) is 4.99. The Balaban J connectivity index is 2.44. The molecule has 1 aromatic rings. The molecule has 7 nitrogen and oxygen atoms in total. The summed E-state index contributed by atoms with van der Waals surface area (Å²) in [7, 11) is 0. The van der Waals surface area contributed by atoms with Crippen molar-refractivity contribution >= 4 is 18.0 Å². The Labute approximate surface area is 129 Å². The molecule has 0 aliphatic heterocycles. The maximum Gasteiger partial charge on any atom is 0.268 e. The van der Waals surface area contributed by atoms with Gasteiger partial charge in [0.05, 0.1) is 6.21 Å². The van der Waals surface area contributed by atoms with E-state index in [0.717, 1.165) is 5.56 Å². The second kappa shape index (κ2) is 8.78. The van der Waals surface area contributed by atoms with Crippen LogP contribution in [-0.4, -0.2) is 41.9 Å². The first-order valence-corrected chi connectivity index (χ1v) is 6.91. The number of benzene rings is 1. The molecule has 0 unspecified atom stereocenters. The van der Waals surface area contributed by atoms with Gasteiger partial charge in [0.2, 0.25) is 0 Å². The van der Waals surface area contributed by atoms with Crippen LogP contribution in [0.2, 0.25) is 0 Å². The van der Waals surface area contributed by atoms with Gasteiger partial charge in [0.15, 0.2) is 6.61 Å². The Kier molecular flexibility index (Phi) is 7.04. The van der Waals surface area contributed by atoms with E-state index in [4.69, 9.17) is 9.84 Å². The lowest BCUT2D eigenvalue weighted by Gasteiger charge is -2.09. The van der Waals surface area contributed by atoms with E-state index in [-0.39, 0.29) is 18.6 Å². The van der Waals surface area contributed by atoms with Crippen LogP contribution in [0.25, 0.3) is 0 Å². The van der Waals surface area contributed by atoms with Crippen LogP contribution >= 0.6 is 0 Å². The summed E-state index contributed by atoms with van der Waals surface area (Å²) in [6, 6.07) is 6.93. The van der Waals surface area contributed by atoms with Crippen molar-refractivity contribution in [1.29, 1.82) is 0 Å². The number of aliphatic hydroxyl groups is 1. The summed E-state index contributed by atoms with van der Waals surface area (Å²) in [6.45, 7) is 5.06. The van der Waals surface area contributed by atoms with Crippen LogP contribution in [0.15, 0.2) is 29.4 Å². The van der Waals surface area contributed by atoms with Crippen molar-refractivity contribution in [3.63, 3.8) is 0 Å². The number of hydrazone groups is 1. The highest BCUT2D eigenvalue weighted by Crippen LogP contribution is 2.10. The molecule has 0 spiro atoms. The van der Waals surface area contributed by atoms with Crippen LogP contribution in [0.5, 0.6) is 5.75 Å². The first-order valence-electron chi connectivity index (χ1n) is 6.91. The van der Waals surface area contributed by atoms with Gasteiger partial charge in [-0.3, -0.25) is 9.59 Å². The van der Waals surface area contributed by atoms with E-state index in [1.54, 1.807) is 24.3 Å². The summed E-state index contributed by atoms with van der Waals surface area (Å²) >= 11 is 0. The summed E-state index contributed by atoms with van der Waals surface area (Å²) in [5.41, 5.74) is 2.94. The van der Waals surface area contributed by atoms with Gasteiger partial charge in [-0.15, -0.1) is 0 Å². The molecular formula is C15H21N3O4. The molecule has 0 saturated heterocycles. The molecule has 1 rings (SSSR count). The third kappa shape index (κ3) is 6.85. The number of carbonyl (C=O) groups excluding carboxylic acids is 2. The van der Waals surface area contributed by atoms with E-state index in [1.807, 2.05) is 13.8 Å². The Morgan fingerprint density at radius 2 is 1.91 bits per heavy atom. The highest BCUT2D eigenvalue weighted by atomic mass is 16.5. The molecule has 0 saturated carbocycles.